The molecule has 1 aliphatic rings. The summed E-state index contributed by atoms with van der Waals surface area (Å²) in [6.45, 7) is 0.630. The Morgan fingerprint density at radius 2 is 1.95 bits per heavy atom. The summed E-state index contributed by atoms with van der Waals surface area (Å²) in [4.78, 5) is 12.1. The maximum Gasteiger partial charge on any atom is 0.227 e. The fraction of sp³-hybridized carbons (Fsp3) is 0.235. The Labute approximate surface area is 122 Å². The third kappa shape index (κ3) is 3.28. The van der Waals surface area contributed by atoms with Gasteiger partial charge >= 0.3 is 0 Å². The van der Waals surface area contributed by atoms with Crippen LogP contribution in [-0.2, 0) is 16.0 Å². The molecule has 0 radical (unpaired) electrons. The van der Waals surface area contributed by atoms with Gasteiger partial charge in [-0.05, 0) is 41.8 Å². The molecule has 0 spiro atoms. The van der Waals surface area contributed by atoms with Crippen LogP contribution in [0.4, 0.5) is 10.1 Å². The molecule has 0 aromatic heterocycles. The van der Waals surface area contributed by atoms with Gasteiger partial charge in [-0.3, -0.25) is 4.79 Å². The maximum absolute atomic E-state index is 12.8. The summed E-state index contributed by atoms with van der Waals surface area (Å²) in [5.74, 6) is -0.458. The SMILES string of the molecule is O=C(CC1OCCc2ccccc21)Nc1ccc(F)cc1. The fourth-order valence-electron chi connectivity index (χ4n) is 2.56. The summed E-state index contributed by atoms with van der Waals surface area (Å²) < 4.78 is 18.5. The van der Waals surface area contributed by atoms with Crippen LogP contribution in [0.3, 0.4) is 0 Å². The average molecular weight is 285 g/mol. The summed E-state index contributed by atoms with van der Waals surface area (Å²) >= 11 is 0. The summed E-state index contributed by atoms with van der Waals surface area (Å²) in [6, 6.07) is 13.8. The van der Waals surface area contributed by atoms with Gasteiger partial charge in [0.25, 0.3) is 0 Å². The number of hydrogen-bond acceptors (Lipinski definition) is 2. The molecule has 0 saturated heterocycles. The van der Waals surface area contributed by atoms with E-state index in [1.807, 2.05) is 18.2 Å². The van der Waals surface area contributed by atoms with Crippen LogP contribution in [0, 0.1) is 5.82 Å². The minimum Gasteiger partial charge on any atom is -0.373 e. The van der Waals surface area contributed by atoms with Crippen LogP contribution in [0.5, 0.6) is 0 Å². The van der Waals surface area contributed by atoms with Crippen molar-refractivity contribution in [2.75, 3.05) is 11.9 Å². The number of nitrogens with one attached hydrogen (secondary N) is 1. The Kier molecular flexibility index (Phi) is 3.97. The van der Waals surface area contributed by atoms with Crippen molar-refractivity contribution < 1.29 is 13.9 Å². The topological polar surface area (TPSA) is 38.3 Å². The Morgan fingerprint density at radius 3 is 2.76 bits per heavy atom. The quantitative estimate of drug-likeness (QED) is 0.937. The zero-order valence-electron chi connectivity index (χ0n) is 11.5. The third-order valence-corrected chi connectivity index (χ3v) is 3.59. The summed E-state index contributed by atoms with van der Waals surface area (Å²) in [5, 5.41) is 2.76. The second-order valence-corrected chi connectivity index (χ2v) is 5.07. The molecule has 0 fully saturated rings. The summed E-state index contributed by atoms with van der Waals surface area (Å²) in [5.41, 5.74) is 2.91. The van der Waals surface area contributed by atoms with E-state index < -0.39 is 0 Å². The van der Waals surface area contributed by atoms with Crippen LogP contribution in [0.1, 0.15) is 23.7 Å². The highest BCUT2D eigenvalue weighted by Crippen LogP contribution is 2.29. The standard InChI is InChI=1S/C17H16FNO2/c18-13-5-7-14(8-6-13)19-17(20)11-16-15-4-2-1-3-12(15)9-10-21-16/h1-8,16H,9-11H2,(H,19,20). The van der Waals surface area contributed by atoms with Crippen LogP contribution in [-0.4, -0.2) is 12.5 Å². The molecular weight excluding hydrogens is 269 g/mol. The lowest BCUT2D eigenvalue weighted by molar-refractivity contribution is -0.119. The van der Waals surface area contributed by atoms with Gasteiger partial charge in [0, 0.05) is 5.69 Å². The number of benzene rings is 2. The Morgan fingerprint density at radius 1 is 1.19 bits per heavy atom. The number of carbonyl (C=O) groups excluding carboxylic acids is 1. The molecule has 0 saturated carbocycles. The average Bonchev–Trinajstić information content (AvgIpc) is 2.50. The van der Waals surface area contributed by atoms with Crippen molar-refractivity contribution in [2.45, 2.75) is 18.9 Å². The third-order valence-electron chi connectivity index (χ3n) is 3.59. The number of halogens is 1. The zero-order chi connectivity index (χ0) is 14.7. The highest BCUT2D eigenvalue weighted by molar-refractivity contribution is 5.91. The van der Waals surface area contributed by atoms with Gasteiger partial charge in [0.2, 0.25) is 5.91 Å². The first kappa shape index (κ1) is 13.8. The number of fused-ring (bicyclic) bond motifs is 1. The first-order chi connectivity index (χ1) is 10.2. The monoisotopic (exact) mass is 285 g/mol. The predicted octanol–water partition coefficient (Wildman–Crippen LogP) is 3.47. The van der Waals surface area contributed by atoms with Crippen molar-refractivity contribution in [1.29, 1.82) is 0 Å². The molecule has 3 nitrogen and oxygen atoms in total. The van der Waals surface area contributed by atoms with Crippen LogP contribution < -0.4 is 5.32 Å². The number of hydrogen-bond donors (Lipinski definition) is 1. The van der Waals surface area contributed by atoms with Gasteiger partial charge in [-0.1, -0.05) is 24.3 Å². The molecule has 1 aliphatic heterocycles. The van der Waals surface area contributed by atoms with Crippen LogP contribution in [0.25, 0.3) is 0 Å². The molecule has 1 atom stereocenters. The van der Waals surface area contributed by atoms with Gasteiger partial charge in [-0.15, -0.1) is 0 Å². The molecular formula is C17H16FNO2. The molecule has 1 unspecified atom stereocenters. The molecule has 0 aliphatic carbocycles. The van der Waals surface area contributed by atoms with E-state index in [4.69, 9.17) is 4.74 Å². The predicted molar refractivity (Wildman–Crippen MR) is 78.5 cm³/mol. The molecule has 4 heteroatoms. The van der Waals surface area contributed by atoms with E-state index in [9.17, 15) is 9.18 Å². The normalized spacial score (nSPS) is 17.1. The van der Waals surface area contributed by atoms with E-state index >= 15 is 0 Å². The molecule has 1 N–H and O–H groups in total. The van der Waals surface area contributed by atoms with Gasteiger partial charge in [-0.2, -0.15) is 0 Å². The van der Waals surface area contributed by atoms with Crippen LogP contribution in [0.15, 0.2) is 48.5 Å². The van der Waals surface area contributed by atoms with E-state index in [-0.39, 0.29) is 24.2 Å². The van der Waals surface area contributed by atoms with E-state index in [1.54, 1.807) is 12.1 Å². The number of carbonyl (C=O) groups is 1. The minimum atomic E-state index is -0.322. The smallest absolute Gasteiger partial charge is 0.227 e. The van der Waals surface area contributed by atoms with Crippen LogP contribution >= 0.6 is 0 Å². The molecule has 2 aromatic carbocycles. The lowest BCUT2D eigenvalue weighted by atomic mass is 9.95. The fourth-order valence-corrected chi connectivity index (χ4v) is 2.56. The van der Waals surface area contributed by atoms with Gasteiger partial charge in [0.05, 0.1) is 19.1 Å². The Balaban J connectivity index is 1.67. The number of anilines is 1. The van der Waals surface area contributed by atoms with E-state index in [0.717, 1.165) is 12.0 Å². The van der Waals surface area contributed by atoms with E-state index in [0.29, 0.717) is 12.3 Å². The second kappa shape index (κ2) is 6.06. The second-order valence-electron chi connectivity index (χ2n) is 5.07. The lowest BCUT2D eigenvalue weighted by Crippen LogP contribution is -2.22. The number of amides is 1. The van der Waals surface area contributed by atoms with Gasteiger partial charge in [0.15, 0.2) is 0 Å². The molecule has 1 heterocycles. The van der Waals surface area contributed by atoms with Crippen molar-refractivity contribution in [3.63, 3.8) is 0 Å². The molecule has 108 valence electrons. The summed E-state index contributed by atoms with van der Waals surface area (Å²) in [6.07, 6.45) is 0.927. The van der Waals surface area contributed by atoms with Gasteiger partial charge in [0.1, 0.15) is 5.82 Å². The Bertz CT molecular complexity index is 639. The highest BCUT2D eigenvalue weighted by atomic mass is 19.1. The van der Waals surface area contributed by atoms with E-state index in [2.05, 4.69) is 11.4 Å². The van der Waals surface area contributed by atoms with Crippen molar-refractivity contribution >= 4 is 11.6 Å². The summed E-state index contributed by atoms with van der Waals surface area (Å²) in [7, 11) is 0. The van der Waals surface area contributed by atoms with Crippen molar-refractivity contribution in [3.8, 4) is 0 Å². The zero-order valence-corrected chi connectivity index (χ0v) is 11.5. The first-order valence-electron chi connectivity index (χ1n) is 6.97. The minimum absolute atomic E-state index is 0.136. The Hall–Kier alpha value is -2.20. The largest absolute Gasteiger partial charge is 0.373 e. The molecule has 0 bridgehead atoms. The number of ether oxygens (including phenoxy) is 1. The first-order valence-corrected chi connectivity index (χ1v) is 6.97. The van der Waals surface area contributed by atoms with Crippen molar-refractivity contribution in [1.82, 2.24) is 0 Å². The lowest BCUT2D eigenvalue weighted by Gasteiger charge is -2.25. The van der Waals surface area contributed by atoms with Gasteiger partial charge < -0.3 is 10.1 Å². The number of rotatable bonds is 3. The highest BCUT2D eigenvalue weighted by Gasteiger charge is 2.23. The molecule has 21 heavy (non-hydrogen) atoms. The van der Waals surface area contributed by atoms with Gasteiger partial charge in [-0.25, -0.2) is 4.39 Å². The molecule has 1 amide bonds. The molecule has 2 aromatic rings. The van der Waals surface area contributed by atoms with Crippen molar-refractivity contribution in [3.05, 3.63) is 65.5 Å². The van der Waals surface area contributed by atoms with E-state index in [1.165, 1.54) is 17.7 Å². The maximum atomic E-state index is 12.8. The van der Waals surface area contributed by atoms with Crippen LogP contribution in [0.2, 0.25) is 0 Å². The molecule has 3 rings (SSSR count). The van der Waals surface area contributed by atoms with Crippen molar-refractivity contribution in [2.24, 2.45) is 0 Å².